The lowest BCUT2D eigenvalue weighted by molar-refractivity contribution is 0.243. The molecule has 0 radical (unpaired) electrons. The summed E-state index contributed by atoms with van der Waals surface area (Å²) in [5.41, 5.74) is 0.815. The second kappa shape index (κ2) is 13.8. The quantitative estimate of drug-likeness (QED) is 0.290. The third kappa shape index (κ3) is 9.34. The number of nitriles is 1. The largest absolute Gasteiger partial charge is 0.396 e. The van der Waals surface area contributed by atoms with E-state index in [4.69, 9.17) is 5.26 Å². The van der Waals surface area contributed by atoms with Crippen molar-refractivity contribution in [1.29, 1.82) is 5.26 Å². The SMILES string of the molecule is CCNC(=NCc1cc(C#N)ccc1F)NCC(CCO)CC(C)C.I. The van der Waals surface area contributed by atoms with Crippen molar-refractivity contribution < 1.29 is 9.50 Å². The van der Waals surface area contributed by atoms with Crippen LogP contribution in [0.3, 0.4) is 0 Å². The standard InChI is InChI=1S/C19H29FN4O.HI/c1-4-22-19(23-12-16(7-8-25)9-14(2)3)24-13-17-10-15(11-21)5-6-18(17)20;/h5-6,10,14,16,25H,4,7-9,12-13H2,1-3H3,(H2,22,23,24);1H. The topological polar surface area (TPSA) is 80.4 Å². The molecule has 0 saturated carbocycles. The van der Waals surface area contributed by atoms with Gasteiger partial charge in [0.15, 0.2) is 5.96 Å². The molecule has 0 aliphatic carbocycles. The molecular weight excluding hydrogens is 446 g/mol. The molecule has 0 heterocycles. The van der Waals surface area contributed by atoms with Gasteiger partial charge in [-0.25, -0.2) is 9.38 Å². The molecule has 5 nitrogen and oxygen atoms in total. The summed E-state index contributed by atoms with van der Waals surface area (Å²) in [6.07, 6.45) is 1.76. The lowest BCUT2D eigenvalue weighted by atomic mass is 9.94. The number of nitrogens with zero attached hydrogens (tertiary/aromatic N) is 2. The maximum absolute atomic E-state index is 13.9. The molecule has 1 aromatic carbocycles. The molecule has 146 valence electrons. The van der Waals surface area contributed by atoms with Crippen molar-refractivity contribution in [2.45, 2.75) is 40.2 Å². The van der Waals surface area contributed by atoms with Crippen molar-refractivity contribution in [3.05, 3.63) is 35.1 Å². The van der Waals surface area contributed by atoms with Crippen molar-refractivity contribution in [3.63, 3.8) is 0 Å². The molecule has 0 spiro atoms. The molecule has 1 atom stereocenters. The van der Waals surface area contributed by atoms with E-state index >= 15 is 0 Å². The van der Waals surface area contributed by atoms with E-state index in [2.05, 4.69) is 29.5 Å². The Morgan fingerprint density at radius 1 is 1.35 bits per heavy atom. The van der Waals surface area contributed by atoms with Gasteiger partial charge in [0.2, 0.25) is 0 Å². The highest BCUT2D eigenvalue weighted by Gasteiger charge is 2.11. The second-order valence-corrected chi connectivity index (χ2v) is 6.50. The average Bonchev–Trinajstić information content (AvgIpc) is 2.58. The number of hydrogen-bond donors (Lipinski definition) is 3. The maximum atomic E-state index is 13.9. The molecule has 26 heavy (non-hydrogen) atoms. The number of hydrogen-bond acceptors (Lipinski definition) is 3. The number of aliphatic hydroxyl groups is 1. The highest BCUT2D eigenvalue weighted by Crippen LogP contribution is 2.14. The molecule has 1 unspecified atom stereocenters. The third-order valence-electron chi connectivity index (χ3n) is 3.83. The molecule has 0 fully saturated rings. The molecule has 0 bridgehead atoms. The van der Waals surface area contributed by atoms with Crippen LogP contribution < -0.4 is 10.6 Å². The fourth-order valence-electron chi connectivity index (χ4n) is 2.66. The number of aliphatic hydroxyl groups excluding tert-OH is 1. The fraction of sp³-hybridized carbons (Fsp3) is 0.579. The molecule has 7 heteroatoms. The van der Waals surface area contributed by atoms with Crippen molar-refractivity contribution in [2.75, 3.05) is 19.7 Å². The van der Waals surface area contributed by atoms with Crippen molar-refractivity contribution >= 4 is 29.9 Å². The highest BCUT2D eigenvalue weighted by atomic mass is 127. The first-order chi connectivity index (χ1) is 12.0. The van der Waals surface area contributed by atoms with Crippen LogP contribution in [0.15, 0.2) is 23.2 Å². The summed E-state index contributed by atoms with van der Waals surface area (Å²) in [5.74, 6) is 1.15. The molecule has 1 aromatic rings. The fourth-order valence-corrected chi connectivity index (χ4v) is 2.66. The second-order valence-electron chi connectivity index (χ2n) is 6.50. The Morgan fingerprint density at radius 3 is 2.65 bits per heavy atom. The first-order valence-electron chi connectivity index (χ1n) is 8.81. The minimum Gasteiger partial charge on any atom is -0.396 e. The Morgan fingerprint density at radius 2 is 2.08 bits per heavy atom. The molecule has 1 rings (SSSR count). The van der Waals surface area contributed by atoms with Gasteiger partial charge in [0.05, 0.1) is 18.2 Å². The summed E-state index contributed by atoms with van der Waals surface area (Å²) in [7, 11) is 0. The van der Waals surface area contributed by atoms with E-state index in [0.717, 1.165) is 12.8 Å². The van der Waals surface area contributed by atoms with Crippen molar-refractivity contribution in [2.24, 2.45) is 16.8 Å². The molecule has 3 N–H and O–H groups in total. The van der Waals surface area contributed by atoms with Crippen LogP contribution in [0.25, 0.3) is 0 Å². The first-order valence-corrected chi connectivity index (χ1v) is 8.81. The van der Waals surface area contributed by atoms with Crippen LogP contribution in [0.5, 0.6) is 0 Å². The Kier molecular flexibility index (Phi) is 13.0. The van der Waals surface area contributed by atoms with Gasteiger partial charge in [0.1, 0.15) is 5.82 Å². The van der Waals surface area contributed by atoms with E-state index in [1.165, 1.54) is 18.2 Å². The molecular formula is C19H30FIN4O. The Bertz CT molecular complexity index is 602. The predicted molar refractivity (Wildman–Crippen MR) is 114 cm³/mol. The molecule has 0 saturated heterocycles. The molecule has 0 amide bonds. The van der Waals surface area contributed by atoms with E-state index in [-0.39, 0.29) is 42.9 Å². The number of guanidine groups is 1. The van der Waals surface area contributed by atoms with E-state index in [9.17, 15) is 9.50 Å². The van der Waals surface area contributed by atoms with Gasteiger partial charge in [0.25, 0.3) is 0 Å². The summed E-state index contributed by atoms with van der Waals surface area (Å²) in [6.45, 7) is 8.01. The lowest BCUT2D eigenvalue weighted by Crippen LogP contribution is -2.40. The van der Waals surface area contributed by atoms with Crippen molar-refractivity contribution in [1.82, 2.24) is 10.6 Å². The summed E-state index contributed by atoms with van der Waals surface area (Å²) in [6, 6.07) is 6.28. The van der Waals surface area contributed by atoms with Crippen LogP contribution in [-0.2, 0) is 6.54 Å². The van der Waals surface area contributed by atoms with E-state index < -0.39 is 0 Å². The Labute approximate surface area is 173 Å². The maximum Gasteiger partial charge on any atom is 0.191 e. The zero-order valence-electron chi connectivity index (χ0n) is 15.8. The number of aliphatic imine (C=N–C) groups is 1. The van der Waals surface area contributed by atoms with Crippen LogP contribution in [0.4, 0.5) is 4.39 Å². The smallest absolute Gasteiger partial charge is 0.191 e. The first kappa shape index (κ1) is 24.6. The highest BCUT2D eigenvalue weighted by molar-refractivity contribution is 14.0. The molecule has 0 aliphatic rings. The normalized spacial score (nSPS) is 12.3. The Hall–Kier alpha value is -1.40. The van der Waals surface area contributed by atoms with Gasteiger partial charge in [-0.05, 0) is 49.8 Å². The number of nitrogens with one attached hydrogen (secondary N) is 2. The predicted octanol–water partition coefficient (Wildman–Crippen LogP) is 3.42. The molecule has 0 aromatic heterocycles. The van der Waals surface area contributed by atoms with Gasteiger partial charge < -0.3 is 15.7 Å². The Balaban J connectivity index is 0.00000625. The monoisotopic (exact) mass is 476 g/mol. The van der Waals surface area contributed by atoms with Crippen LogP contribution in [0, 0.1) is 29.0 Å². The van der Waals surface area contributed by atoms with Crippen LogP contribution in [-0.4, -0.2) is 30.8 Å². The zero-order chi connectivity index (χ0) is 18.7. The van der Waals surface area contributed by atoms with E-state index in [0.29, 0.717) is 42.0 Å². The van der Waals surface area contributed by atoms with Gasteiger partial charge in [-0.2, -0.15) is 5.26 Å². The van der Waals surface area contributed by atoms with Gasteiger partial charge >= 0.3 is 0 Å². The van der Waals surface area contributed by atoms with Crippen LogP contribution >= 0.6 is 24.0 Å². The number of halogens is 2. The summed E-state index contributed by atoms with van der Waals surface area (Å²) in [5, 5.41) is 24.5. The van der Waals surface area contributed by atoms with Gasteiger partial charge in [-0.3, -0.25) is 0 Å². The number of benzene rings is 1. The van der Waals surface area contributed by atoms with Crippen LogP contribution in [0.2, 0.25) is 0 Å². The average molecular weight is 476 g/mol. The van der Waals surface area contributed by atoms with Crippen molar-refractivity contribution in [3.8, 4) is 6.07 Å². The van der Waals surface area contributed by atoms with Gasteiger partial charge in [0, 0.05) is 25.3 Å². The van der Waals surface area contributed by atoms with Gasteiger partial charge in [-0.1, -0.05) is 13.8 Å². The minimum atomic E-state index is -0.364. The number of rotatable bonds is 9. The van der Waals surface area contributed by atoms with E-state index in [1.807, 2.05) is 13.0 Å². The zero-order valence-corrected chi connectivity index (χ0v) is 18.1. The lowest BCUT2D eigenvalue weighted by Gasteiger charge is -2.20. The minimum absolute atomic E-state index is 0. The van der Waals surface area contributed by atoms with Crippen LogP contribution in [0.1, 0.15) is 44.7 Å². The van der Waals surface area contributed by atoms with Gasteiger partial charge in [-0.15, -0.1) is 24.0 Å². The molecule has 0 aliphatic heterocycles. The third-order valence-corrected chi connectivity index (χ3v) is 3.83. The van der Waals surface area contributed by atoms with E-state index in [1.54, 1.807) is 0 Å². The summed E-state index contributed by atoms with van der Waals surface area (Å²) < 4.78 is 13.9. The summed E-state index contributed by atoms with van der Waals surface area (Å²) >= 11 is 0. The summed E-state index contributed by atoms with van der Waals surface area (Å²) in [4.78, 5) is 4.41.